The molecule has 168 valence electrons. The van der Waals surface area contributed by atoms with Crippen LogP contribution in [0.5, 0.6) is 0 Å². The highest BCUT2D eigenvalue weighted by Crippen LogP contribution is 2.25. The van der Waals surface area contributed by atoms with Gasteiger partial charge in [-0.2, -0.15) is 0 Å². The van der Waals surface area contributed by atoms with Crippen LogP contribution in [0.1, 0.15) is 38.3 Å². The number of carbonyl (C=O) groups excluding carboxylic acids is 1. The smallest absolute Gasteiger partial charge is 0.222 e. The molecule has 6 heteroatoms. The van der Waals surface area contributed by atoms with Gasteiger partial charge in [0.2, 0.25) is 5.91 Å². The maximum Gasteiger partial charge on any atom is 0.222 e. The van der Waals surface area contributed by atoms with Crippen LogP contribution >= 0.6 is 0 Å². The minimum atomic E-state index is 0.0630. The van der Waals surface area contributed by atoms with Crippen LogP contribution in [0, 0.1) is 5.92 Å². The number of likely N-dealkylation sites (tertiary alicyclic amines) is 1. The number of nitrogens with one attached hydrogen (secondary N) is 1. The Morgan fingerprint density at radius 1 is 1.03 bits per heavy atom. The number of hydrogen-bond donors (Lipinski definition) is 1. The zero-order valence-electron chi connectivity index (χ0n) is 19.1. The predicted octanol–water partition coefficient (Wildman–Crippen LogP) is 2.23. The van der Waals surface area contributed by atoms with E-state index in [2.05, 4.69) is 50.3 Å². The minimum absolute atomic E-state index is 0.0630. The van der Waals surface area contributed by atoms with Gasteiger partial charge in [-0.1, -0.05) is 44.2 Å². The quantitative estimate of drug-likeness (QED) is 0.669. The lowest BCUT2D eigenvalue weighted by atomic mass is 10.00. The van der Waals surface area contributed by atoms with Gasteiger partial charge in [0.1, 0.15) is 0 Å². The molecule has 1 aromatic rings. The number of piperidine rings is 1. The molecule has 0 aromatic heterocycles. The summed E-state index contributed by atoms with van der Waals surface area (Å²) in [5.41, 5.74) is 1.41. The van der Waals surface area contributed by atoms with E-state index in [0.29, 0.717) is 12.1 Å². The van der Waals surface area contributed by atoms with Crippen molar-refractivity contribution in [1.82, 2.24) is 20.0 Å². The second-order valence-electron chi connectivity index (χ2n) is 9.04. The van der Waals surface area contributed by atoms with E-state index in [-0.39, 0.29) is 11.8 Å². The summed E-state index contributed by atoms with van der Waals surface area (Å²) in [7, 11) is 1.78. The molecule has 6 nitrogen and oxygen atoms in total. The van der Waals surface area contributed by atoms with Crippen LogP contribution in [-0.2, 0) is 9.53 Å². The highest BCUT2D eigenvalue weighted by atomic mass is 16.5. The molecule has 2 aliphatic rings. The molecule has 2 aliphatic heterocycles. The summed E-state index contributed by atoms with van der Waals surface area (Å²) in [5, 5.41) is 3.22. The van der Waals surface area contributed by atoms with E-state index in [1.54, 1.807) is 7.11 Å². The summed E-state index contributed by atoms with van der Waals surface area (Å²) in [6.07, 6.45) is 2.09. The fourth-order valence-corrected chi connectivity index (χ4v) is 4.50. The first-order valence-corrected chi connectivity index (χ1v) is 11.6. The maximum absolute atomic E-state index is 12.0. The molecule has 0 aliphatic carbocycles. The van der Waals surface area contributed by atoms with Gasteiger partial charge in [0.15, 0.2) is 0 Å². The van der Waals surface area contributed by atoms with Crippen molar-refractivity contribution >= 4 is 5.91 Å². The number of piperazine rings is 1. The maximum atomic E-state index is 12.0. The molecule has 1 unspecified atom stereocenters. The van der Waals surface area contributed by atoms with Gasteiger partial charge in [0.25, 0.3) is 0 Å². The fraction of sp³-hybridized carbons (Fsp3) is 0.708. The van der Waals surface area contributed by atoms with Crippen molar-refractivity contribution < 1.29 is 9.53 Å². The Hall–Kier alpha value is -1.47. The van der Waals surface area contributed by atoms with Gasteiger partial charge in [0.05, 0.1) is 6.61 Å². The molecule has 1 amide bonds. The number of hydrogen-bond acceptors (Lipinski definition) is 5. The Bertz CT molecular complexity index is 623. The van der Waals surface area contributed by atoms with Crippen molar-refractivity contribution in [2.45, 2.75) is 38.8 Å². The molecule has 0 saturated carbocycles. The third-order valence-electron chi connectivity index (χ3n) is 6.53. The molecule has 0 spiro atoms. The first-order chi connectivity index (χ1) is 14.6. The van der Waals surface area contributed by atoms with Crippen LogP contribution < -0.4 is 5.32 Å². The van der Waals surface area contributed by atoms with E-state index in [1.807, 2.05) is 13.8 Å². The van der Waals surface area contributed by atoms with Gasteiger partial charge >= 0.3 is 0 Å². The van der Waals surface area contributed by atoms with Gasteiger partial charge in [-0.15, -0.1) is 0 Å². The molecule has 30 heavy (non-hydrogen) atoms. The van der Waals surface area contributed by atoms with Gasteiger partial charge < -0.3 is 15.0 Å². The SMILES string of the molecule is COCCN1CCN(C(CN2CCC(NC(=O)C(C)C)CC2)c2ccccc2)CC1. The highest BCUT2D eigenvalue weighted by molar-refractivity contribution is 5.78. The number of carbonyl (C=O) groups is 1. The van der Waals surface area contributed by atoms with Crippen LogP contribution in [0.25, 0.3) is 0 Å². The molecule has 1 aromatic carbocycles. The summed E-state index contributed by atoms with van der Waals surface area (Å²) >= 11 is 0. The molecule has 1 atom stereocenters. The Morgan fingerprint density at radius 2 is 1.70 bits per heavy atom. The Morgan fingerprint density at radius 3 is 2.30 bits per heavy atom. The molecule has 1 N–H and O–H groups in total. The average molecular weight is 417 g/mol. The molecule has 2 fully saturated rings. The summed E-state index contributed by atoms with van der Waals surface area (Å²) in [4.78, 5) is 19.8. The van der Waals surface area contributed by atoms with Crippen molar-refractivity contribution in [2.24, 2.45) is 5.92 Å². The number of benzene rings is 1. The zero-order chi connectivity index (χ0) is 21.3. The van der Waals surface area contributed by atoms with Crippen molar-refractivity contribution in [3.8, 4) is 0 Å². The first kappa shape index (κ1) is 23.2. The van der Waals surface area contributed by atoms with E-state index >= 15 is 0 Å². The van der Waals surface area contributed by atoms with E-state index in [0.717, 1.165) is 71.8 Å². The Kier molecular flexibility index (Phi) is 9.12. The summed E-state index contributed by atoms with van der Waals surface area (Å²) < 4.78 is 5.25. The third-order valence-corrected chi connectivity index (χ3v) is 6.53. The molecule has 2 saturated heterocycles. The fourth-order valence-electron chi connectivity index (χ4n) is 4.50. The Labute approximate surface area is 182 Å². The summed E-state index contributed by atoms with van der Waals surface area (Å²) in [6.45, 7) is 13.3. The van der Waals surface area contributed by atoms with E-state index in [4.69, 9.17) is 4.74 Å². The van der Waals surface area contributed by atoms with Crippen molar-refractivity contribution in [3.63, 3.8) is 0 Å². The molecule has 0 bridgehead atoms. The second-order valence-corrected chi connectivity index (χ2v) is 9.04. The van der Waals surface area contributed by atoms with Crippen LogP contribution in [0.4, 0.5) is 0 Å². The first-order valence-electron chi connectivity index (χ1n) is 11.6. The zero-order valence-corrected chi connectivity index (χ0v) is 19.1. The highest BCUT2D eigenvalue weighted by Gasteiger charge is 2.29. The van der Waals surface area contributed by atoms with Crippen LogP contribution in [0.15, 0.2) is 30.3 Å². The summed E-state index contributed by atoms with van der Waals surface area (Å²) in [6, 6.07) is 11.7. The second kappa shape index (κ2) is 11.8. The number of methoxy groups -OCH3 is 1. The summed E-state index contributed by atoms with van der Waals surface area (Å²) in [5.74, 6) is 0.245. The minimum Gasteiger partial charge on any atom is -0.383 e. The molecular formula is C24H40N4O2. The number of ether oxygens (including phenoxy) is 1. The molecular weight excluding hydrogens is 376 g/mol. The van der Waals surface area contributed by atoms with Gasteiger partial charge in [0, 0.05) is 77.5 Å². The van der Waals surface area contributed by atoms with Crippen molar-refractivity contribution in [1.29, 1.82) is 0 Å². The average Bonchev–Trinajstić information content (AvgIpc) is 2.78. The van der Waals surface area contributed by atoms with Gasteiger partial charge in [-0.3, -0.25) is 14.6 Å². The van der Waals surface area contributed by atoms with Crippen LogP contribution in [-0.4, -0.2) is 92.7 Å². The van der Waals surface area contributed by atoms with Crippen LogP contribution in [0.2, 0.25) is 0 Å². The lowest BCUT2D eigenvalue weighted by Gasteiger charge is -2.42. The Balaban J connectivity index is 1.55. The normalized spacial score (nSPS) is 21.1. The largest absolute Gasteiger partial charge is 0.383 e. The molecule has 0 radical (unpaired) electrons. The lowest BCUT2D eigenvalue weighted by molar-refractivity contribution is -0.125. The number of rotatable bonds is 9. The van der Waals surface area contributed by atoms with E-state index < -0.39 is 0 Å². The number of nitrogens with zero attached hydrogens (tertiary/aromatic N) is 3. The number of amides is 1. The third kappa shape index (κ3) is 6.77. The molecule has 2 heterocycles. The predicted molar refractivity (Wildman–Crippen MR) is 122 cm³/mol. The van der Waals surface area contributed by atoms with Gasteiger partial charge in [-0.25, -0.2) is 0 Å². The van der Waals surface area contributed by atoms with Crippen molar-refractivity contribution in [2.75, 3.05) is 66.1 Å². The van der Waals surface area contributed by atoms with E-state index in [1.165, 1.54) is 5.56 Å². The monoisotopic (exact) mass is 416 g/mol. The van der Waals surface area contributed by atoms with Crippen LogP contribution in [0.3, 0.4) is 0 Å². The van der Waals surface area contributed by atoms with Gasteiger partial charge in [-0.05, 0) is 18.4 Å². The topological polar surface area (TPSA) is 48.1 Å². The van der Waals surface area contributed by atoms with E-state index in [9.17, 15) is 4.79 Å². The lowest BCUT2D eigenvalue weighted by Crippen LogP contribution is -2.52. The van der Waals surface area contributed by atoms with Crippen molar-refractivity contribution in [3.05, 3.63) is 35.9 Å². The molecule has 3 rings (SSSR count). The standard InChI is InChI=1S/C24H40N4O2/c1-20(2)24(29)25-22-9-11-27(12-10-22)19-23(21-7-5-4-6-8-21)28-15-13-26(14-16-28)17-18-30-3/h4-8,20,22-23H,9-19H2,1-3H3,(H,25,29).